The molecule has 4 rings (SSSR count). The molecule has 3 N–H and O–H groups in total. The van der Waals surface area contributed by atoms with E-state index in [1.165, 1.54) is 41.7 Å². The Kier molecular flexibility index (Phi) is 6.76. The van der Waals surface area contributed by atoms with E-state index in [9.17, 15) is 26.4 Å². The smallest absolute Gasteiger partial charge is 0.308 e. The van der Waals surface area contributed by atoms with E-state index in [0.29, 0.717) is 16.3 Å². The summed E-state index contributed by atoms with van der Waals surface area (Å²) in [6.07, 6.45) is -3.02. The average molecular weight is 519 g/mol. The molecule has 1 aromatic heterocycles. The lowest BCUT2D eigenvalue weighted by Crippen LogP contribution is -2.21. The van der Waals surface area contributed by atoms with Gasteiger partial charge in [-0.15, -0.1) is 11.3 Å². The molecular weight excluding hydrogens is 501 g/mol. The van der Waals surface area contributed by atoms with E-state index in [4.69, 9.17) is 0 Å². The normalized spacial score (nSPS) is 11.6. The molecule has 0 bridgehead atoms. The second kappa shape index (κ2) is 9.76. The summed E-state index contributed by atoms with van der Waals surface area (Å²) in [5, 5.41) is 7.09. The van der Waals surface area contributed by atoms with Gasteiger partial charge in [-0.25, -0.2) is 18.2 Å². The first-order valence-corrected chi connectivity index (χ1v) is 12.4. The summed E-state index contributed by atoms with van der Waals surface area (Å²) in [6.45, 7) is 0. The third kappa shape index (κ3) is 5.97. The minimum Gasteiger partial charge on any atom is -0.308 e. The van der Waals surface area contributed by atoms with Crippen molar-refractivity contribution >= 4 is 44.5 Å². The van der Waals surface area contributed by atoms with Crippen LogP contribution in [-0.2, 0) is 16.2 Å². The lowest BCUT2D eigenvalue weighted by Gasteiger charge is -2.14. The summed E-state index contributed by atoms with van der Waals surface area (Å²) in [5.74, 6) is 0. The Labute approximate surface area is 202 Å². The fourth-order valence-corrected chi connectivity index (χ4v) is 4.88. The average Bonchev–Trinajstić information content (AvgIpc) is 3.34. The first-order valence-electron chi connectivity index (χ1n) is 9.99. The number of hydrogen-bond acceptors (Lipinski definition) is 5. The molecule has 4 aromatic rings. The van der Waals surface area contributed by atoms with E-state index >= 15 is 0 Å². The van der Waals surface area contributed by atoms with E-state index in [1.54, 1.807) is 41.9 Å². The number of nitrogens with zero attached hydrogens (tertiary/aromatic N) is 1. The number of halogens is 3. The molecule has 0 unspecified atom stereocenters. The molecule has 1 heterocycles. The summed E-state index contributed by atoms with van der Waals surface area (Å²) in [6, 6.07) is 15.7. The molecule has 0 aliphatic heterocycles. The number of hydrogen-bond donors (Lipinski definition) is 3. The maximum Gasteiger partial charge on any atom is 0.416 e. The second-order valence-corrected chi connectivity index (χ2v) is 9.75. The van der Waals surface area contributed by atoms with Crippen LogP contribution in [0.4, 0.5) is 35.0 Å². The van der Waals surface area contributed by atoms with Gasteiger partial charge < -0.3 is 10.6 Å². The molecule has 12 heteroatoms. The van der Waals surface area contributed by atoms with Crippen molar-refractivity contribution in [2.24, 2.45) is 0 Å². The van der Waals surface area contributed by atoms with Crippen LogP contribution in [-0.4, -0.2) is 19.4 Å². The Morgan fingerprint density at radius 3 is 2.31 bits per heavy atom. The van der Waals surface area contributed by atoms with Crippen molar-refractivity contribution in [1.29, 1.82) is 0 Å². The SMILES string of the molecule is O=C(Nc1cccc(C(F)(F)F)c1)Nc1cc(S(=O)(=O)Nc2ccccc2)ccc1-c1nccs1. The van der Waals surface area contributed by atoms with Gasteiger partial charge in [-0.2, -0.15) is 13.2 Å². The van der Waals surface area contributed by atoms with E-state index < -0.39 is 27.8 Å². The van der Waals surface area contributed by atoms with Crippen LogP contribution >= 0.6 is 11.3 Å². The van der Waals surface area contributed by atoms with Crippen molar-refractivity contribution < 1.29 is 26.4 Å². The Morgan fingerprint density at radius 2 is 1.63 bits per heavy atom. The Balaban J connectivity index is 1.63. The van der Waals surface area contributed by atoms with Gasteiger partial charge in [-0.3, -0.25) is 4.72 Å². The fourth-order valence-electron chi connectivity index (χ4n) is 3.12. The van der Waals surface area contributed by atoms with Crippen LogP contribution in [0.25, 0.3) is 10.6 Å². The lowest BCUT2D eigenvalue weighted by molar-refractivity contribution is -0.137. The van der Waals surface area contributed by atoms with Crippen LogP contribution in [0.3, 0.4) is 0 Å². The van der Waals surface area contributed by atoms with Crippen LogP contribution < -0.4 is 15.4 Å². The lowest BCUT2D eigenvalue weighted by atomic mass is 10.2. The summed E-state index contributed by atoms with van der Waals surface area (Å²) in [7, 11) is -4.00. The molecule has 0 radical (unpaired) electrons. The van der Waals surface area contributed by atoms with Crippen LogP contribution in [0.1, 0.15) is 5.56 Å². The zero-order valence-corrected chi connectivity index (χ0v) is 19.3. The third-order valence-corrected chi connectivity index (χ3v) is 6.87. The maximum atomic E-state index is 13.0. The predicted octanol–water partition coefficient (Wildman–Crippen LogP) is 6.27. The molecule has 180 valence electrons. The van der Waals surface area contributed by atoms with Gasteiger partial charge in [-0.1, -0.05) is 24.3 Å². The zero-order chi connectivity index (χ0) is 25.1. The number of carbonyl (C=O) groups is 1. The number of benzene rings is 3. The number of amides is 2. The minimum atomic E-state index is -4.57. The molecule has 3 aromatic carbocycles. The molecule has 0 fully saturated rings. The highest BCUT2D eigenvalue weighted by atomic mass is 32.2. The third-order valence-electron chi connectivity index (χ3n) is 4.69. The highest BCUT2D eigenvalue weighted by Crippen LogP contribution is 2.33. The highest BCUT2D eigenvalue weighted by Gasteiger charge is 2.30. The van der Waals surface area contributed by atoms with E-state index in [2.05, 4.69) is 20.3 Å². The standard InChI is InChI=1S/C23H17F3N4O3S2/c24-23(25,26)15-5-4-8-17(13-15)28-22(31)29-20-14-18(9-10-19(20)21-27-11-12-34-21)35(32,33)30-16-6-2-1-3-7-16/h1-14,30H,(H2,28,29,31). The molecule has 7 nitrogen and oxygen atoms in total. The molecule has 35 heavy (non-hydrogen) atoms. The number of sulfonamides is 1. The minimum absolute atomic E-state index is 0.0809. The monoisotopic (exact) mass is 518 g/mol. The van der Waals surface area contributed by atoms with Gasteiger partial charge in [0, 0.05) is 28.5 Å². The predicted molar refractivity (Wildman–Crippen MR) is 129 cm³/mol. The zero-order valence-electron chi connectivity index (χ0n) is 17.7. The van der Waals surface area contributed by atoms with Crippen molar-refractivity contribution in [3.8, 4) is 10.6 Å². The second-order valence-electron chi connectivity index (χ2n) is 7.17. The van der Waals surface area contributed by atoms with Crippen molar-refractivity contribution in [3.05, 3.63) is 89.9 Å². The van der Waals surface area contributed by atoms with Gasteiger partial charge in [0.2, 0.25) is 0 Å². The Bertz CT molecular complexity index is 1440. The van der Waals surface area contributed by atoms with Gasteiger partial charge in [0.05, 0.1) is 16.1 Å². The van der Waals surface area contributed by atoms with Crippen LogP contribution in [0.15, 0.2) is 89.3 Å². The first kappa shape index (κ1) is 24.2. The number of alkyl halides is 3. The van der Waals surface area contributed by atoms with E-state index in [-0.39, 0.29) is 16.3 Å². The number of carbonyl (C=O) groups excluding carboxylic acids is 1. The van der Waals surface area contributed by atoms with Crippen molar-refractivity contribution in [3.63, 3.8) is 0 Å². The Morgan fingerprint density at radius 1 is 0.886 bits per heavy atom. The number of urea groups is 1. The molecule has 0 saturated carbocycles. The quantitative estimate of drug-likeness (QED) is 0.280. The molecule has 0 saturated heterocycles. The summed E-state index contributed by atoms with van der Waals surface area (Å²) in [5.41, 5.74) is -0.0898. The number of rotatable bonds is 6. The maximum absolute atomic E-state index is 13.0. The molecular formula is C23H17F3N4O3S2. The largest absolute Gasteiger partial charge is 0.416 e. The first-order chi connectivity index (χ1) is 16.6. The van der Waals surface area contributed by atoms with Crippen LogP contribution in [0.2, 0.25) is 0 Å². The fraction of sp³-hybridized carbons (Fsp3) is 0.0435. The van der Waals surface area contributed by atoms with Crippen molar-refractivity contribution in [2.75, 3.05) is 15.4 Å². The molecule has 0 aliphatic carbocycles. The van der Waals surface area contributed by atoms with Crippen LogP contribution in [0, 0.1) is 0 Å². The van der Waals surface area contributed by atoms with Crippen molar-refractivity contribution in [2.45, 2.75) is 11.1 Å². The number of nitrogens with one attached hydrogen (secondary N) is 3. The van der Waals surface area contributed by atoms with Gasteiger partial charge in [0.15, 0.2) is 0 Å². The topological polar surface area (TPSA) is 100 Å². The highest BCUT2D eigenvalue weighted by molar-refractivity contribution is 7.92. The molecule has 0 aliphatic rings. The van der Waals surface area contributed by atoms with Gasteiger partial charge in [-0.05, 0) is 48.5 Å². The number of thiazole rings is 1. The summed E-state index contributed by atoms with van der Waals surface area (Å²) < 4.78 is 67.2. The number of anilines is 3. The Hall–Kier alpha value is -3.90. The van der Waals surface area contributed by atoms with E-state index in [0.717, 1.165) is 12.1 Å². The van der Waals surface area contributed by atoms with E-state index in [1.807, 2.05) is 0 Å². The van der Waals surface area contributed by atoms with Gasteiger partial charge >= 0.3 is 12.2 Å². The van der Waals surface area contributed by atoms with Gasteiger partial charge in [0.1, 0.15) is 5.01 Å². The summed E-state index contributed by atoms with van der Waals surface area (Å²) >= 11 is 1.27. The van der Waals surface area contributed by atoms with Crippen molar-refractivity contribution in [1.82, 2.24) is 4.98 Å². The molecule has 2 amide bonds. The number of para-hydroxylation sites is 1. The van der Waals surface area contributed by atoms with Crippen LogP contribution in [0.5, 0.6) is 0 Å². The summed E-state index contributed by atoms with van der Waals surface area (Å²) in [4.78, 5) is 16.7. The molecule has 0 spiro atoms. The molecule has 0 atom stereocenters. The number of aromatic nitrogens is 1. The van der Waals surface area contributed by atoms with Gasteiger partial charge in [0.25, 0.3) is 10.0 Å².